The van der Waals surface area contributed by atoms with Crippen molar-refractivity contribution < 1.29 is 13.6 Å². The van der Waals surface area contributed by atoms with Crippen molar-refractivity contribution in [1.29, 1.82) is 0 Å². The van der Waals surface area contributed by atoms with E-state index in [1.807, 2.05) is 0 Å². The molecule has 1 amide bonds. The van der Waals surface area contributed by atoms with Crippen LogP contribution in [0.25, 0.3) is 5.69 Å². The van der Waals surface area contributed by atoms with Crippen molar-refractivity contribution in [2.24, 2.45) is 0 Å². The molecule has 0 atom stereocenters. The van der Waals surface area contributed by atoms with Crippen LogP contribution in [0.3, 0.4) is 0 Å². The second kappa shape index (κ2) is 5.96. The molecule has 3 aromatic rings. The Hall–Kier alpha value is -3.09. The lowest BCUT2D eigenvalue weighted by molar-refractivity contribution is 0.102. The van der Waals surface area contributed by atoms with Crippen LogP contribution < -0.4 is 5.32 Å². The third-order valence-electron chi connectivity index (χ3n) is 3.18. The van der Waals surface area contributed by atoms with Gasteiger partial charge in [0.1, 0.15) is 11.6 Å². The number of aryl methyl sites for hydroxylation is 1. The molecule has 0 aliphatic carbocycles. The molecule has 1 N–H and O–H groups in total. The zero-order valence-corrected chi connectivity index (χ0v) is 12.1. The molecule has 23 heavy (non-hydrogen) atoms. The van der Waals surface area contributed by atoms with Crippen LogP contribution in [0.4, 0.5) is 14.6 Å². The smallest absolute Gasteiger partial charge is 0.277 e. The van der Waals surface area contributed by atoms with E-state index in [1.165, 1.54) is 41.1 Å². The van der Waals surface area contributed by atoms with E-state index in [9.17, 15) is 13.6 Å². The average Bonchev–Trinajstić information content (AvgIpc) is 2.97. The normalized spacial score (nSPS) is 10.6. The van der Waals surface area contributed by atoms with Crippen LogP contribution in [0.2, 0.25) is 0 Å². The van der Waals surface area contributed by atoms with E-state index < -0.39 is 11.9 Å². The van der Waals surface area contributed by atoms with Crippen LogP contribution in [0.15, 0.2) is 48.7 Å². The third kappa shape index (κ3) is 3.23. The zero-order valence-electron chi connectivity index (χ0n) is 12.1. The first-order valence-electron chi connectivity index (χ1n) is 6.79. The van der Waals surface area contributed by atoms with E-state index in [2.05, 4.69) is 15.4 Å². The minimum Gasteiger partial charge on any atom is -0.305 e. The number of carbonyl (C=O) groups excluding carboxylic acids is 1. The molecule has 5 nitrogen and oxygen atoms in total. The van der Waals surface area contributed by atoms with E-state index in [4.69, 9.17) is 0 Å². The summed E-state index contributed by atoms with van der Waals surface area (Å²) in [5.41, 5.74) is 1.49. The number of benzene rings is 1. The monoisotopic (exact) mass is 314 g/mol. The van der Waals surface area contributed by atoms with Crippen LogP contribution in [0.1, 0.15) is 16.1 Å². The number of rotatable bonds is 3. The Morgan fingerprint density at radius 3 is 2.74 bits per heavy atom. The fourth-order valence-electron chi connectivity index (χ4n) is 2.11. The molecule has 7 heteroatoms. The molecule has 0 fully saturated rings. The van der Waals surface area contributed by atoms with Gasteiger partial charge in [0.2, 0.25) is 5.95 Å². The number of hydrogen-bond donors (Lipinski definition) is 1. The number of anilines is 1. The SMILES string of the molecule is Cc1cc(F)ccc1-n1ccc(C(=O)Nc2cccc(F)n2)n1. The summed E-state index contributed by atoms with van der Waals surface area (Å²) < 4.78 is 27.6. The average molecular weight is 314 g/mol. The maximum atomic E-state index is 13.1. The molecule has 0 aliphatic rings. The second-order valence-electron chi connectivity index (χ2n) is 4.88. The van der Waals surface area contributed by atoms with Gasteiger partial charge in [0.15, 0.2) is 5.69 Å². The molecule has 2 heterocycles. The lowest BCUT2D eigenvalue weighted by Crippen LogP contribution is -2.14. The molecule has 0 saturated carbocycles. The minimum atomic E-state index is -0.685. The Bertz CT molecular complexity index is 876. The topological polar surface area (TPSA) is 59.8 Å². The predicted molar refractivity (Wildman–Crippen MR) is 80.4 cm³/mol. The maximum Gasteiger partial charge on any atom is 0.277 e. The van der Waals surface area contributed by atoms with Gasteiger partial charge in [-0.2, -0.15) is 9.49 Å². The Balaban J connectivity index is 1.82. The summed E-state index contributed by atoms with van der Waals surface area (Å²) in [4.78, 5) is 15.7. The van der Waals surface area contributed by atoms with Crippen molar-refractivity contribution in [2.75, 3.05) is 5.32 Å². The first kappa shape index (κ1) is 14.8. The lowest BCUT2D eigenvalue weighted by atomic mass is 10.2. The Morgan fingerprint density at radius 1 is 1.17 bits per heavy atom. The quantitative estimate of drug-likeness (QED) is 0.756. The van der Waals surface area contributed by atoms with E-state index in [0.29, 0.717) is 11.3 Å². The number of nitrogens with one attached hydrogen (secondary N) is 1. The van der Waals surface area contributed by atoms with Gasteiger partial charge in [-0.15, -0.1) is 0 Å². The van der Waals surface area contributed by atoms with E-state index >= 15 is 0 Å². The maximum absolute atomic E-state index is 13.1. The number of nitrogens with zero attached hydrogens (tertiary/aromatic N) is 3. The Labute approximate surface area is 130 Å². The molecule has 0 bridgehead atoms. The van der Waals surface area contributed by atoms with Gasteiger partial charge in [-0.1, -0.05) is 6.07 Å². The van der Waals surface area contributed by atoms with E-state index in [0.717, 1.165) is 0 Å². The summed E-state index contributed by atoms with van der Waals surface area (Å²) in [6, 6.07) is 9.89. The van der Waals surface area contributed by atoms with Gasteiger partial charge in [0.05, 0.1) is 5.69 Å². The number of carbonyl (C=O) groups is 1. The van der Waals surface area contributed by atoms with Crippen molar-refractivity contribution >= 4 is 11.7 Å². The molecule has 0 unspecified atom stereocenters. The lowest BCUT2D eigenvalue weighted by Gasteiger charge is -2.05. The fraction of sp³-hybridized carbons (Fsp3) is 0.0625. The molecule has 116 valence electrons. The molecule has 1 aromatic carbocycles. The number of hydrogen-bond acceptors (Lipinski definition) is 3. The third-order valence-corrected chi connectivity index (χ3v) is 3.18. The highest BCUT2D eigenvalue weighted by Crippen LogP contribution is 2.15. The van der Waals surface area contributed by atoms with Gasteiger partial charge in [-0.05, 0) is 48.9 Å². The summed E-state index contributed by atoms with van der Waals surface area (Å²) in [7, 11) is 0. The van der Waals surface area contributed by atoms with Crippen LogP contribution in [-0.4, -0.2) is 20.7 Å². The highest BCUT2D eigenvalue weighted by atomic mass is 19.1. The van der Waals surface area contributed by atoms with Gasteiger partial charge in [-0.3, -0.25) is 4.79 Å². The molecule has 0 radical (unpaired) electrons. The van der Waals surface area contributed by atoms with Crippen molar-refractivity contribution in [3.8, 4) is 5.69 Å². The number of aromatic nitrogens is 3. The largest absolute Gasteiger partial charge is 0.305 e. The van der Waals surface area contributed by atoms with Crippen LogP contribution in [0.5, 0.6) is 0 Å². The van der Waals surface area contributed by atoms with Crippen LogP contribution >= 0.6 is 0 Å². The Kier molecular flexibility index (Phi) is 3.84. The van der Waals surface area contributed by atoms with Gasteiger partial charge in [0, 0.05) is 6.20 Å². The van der Waals surface area contributed by atoms with Gasteiger partial charge >= 0.3 is 0 Å². The van der Waals surface area contributed by atoms with Crippen molar-refractivity contribution in [1.82, 2.24) is 14.8 Å². The molecular formula is C16H12F2N4O. The molecule has 0 saturated heterocycles. The van der Waals surface area contributed by atoms with Crippen LogP contribution in [0, 0.1) is 18.7 Å². The first-order valence-corrected chi connectivity index (χ1v) is 6.79. The van der Waals surface area contributed by atoms with Crippen molar-refractivity contribution in [3.63, 3.8) is 0 Å². The summed E-state index contributed by atoms with van der Waals surface area (Å²) in [6.45, 7) is 1.75. The summed E-state index contributed by atoms with van der Waals surface area (Å²) in [6.07, 6.45) is 1.59. The van der Waals surface area contributed by atoms with Crippen LogP contribution in [-0.2, 0) is 0 Å². The number of halogens is 2. The van der Waals surface area contributed by atoms with Gasteiger partial charge < -0.3 is 5.32 Å². The summed E-state index contributed by atoms with van der Waals surface area (Å²) in [5, 5.41) is 6.61. The molecule has 3 rings (SSSR count). The molecule has 0 aliphatic heterocycles. The second-order valence-corrected chi connectivity index (χ2v) is 4.88. The number of amides is 1. The number of pyridine rings is 1. The minimum absolute atomic E-state index is 0.0995. The molecule has 0 spiro atoms. The van der Waals surface area contributed by atoms with E-state index in [1.54, 1.807) is 19.2 Å². The van der Waals surface area contributed by atoms with Crippen molar-refractivity contribution in [2.45, 2.75) is 6.92 Å². The van der Waals surface area contributed by atoms with Gasteiger partial charge in [-0.25, -0.2) is 14.1 Å². The fourth-order valence-corrected chi connectivity index (χ4v) is 2.11. The highest BCUT2D eigenvalue weighted by molar-refractivity contribution is 6.02. The Morgan fingerprint density at radius 2 is 2.00 bits per heavy atom. The standard InChI is InChI=1S/C16H12F2N4O/c1-10-9-11(17)5-6-13(10)22-8-7-12(21-22)16(23)20-15-4-2-3-14(18)19-15/h2-9H,1H3,(H,19,20,23). The highest BCUT2D eigenvalue weighted by Gasteiger charge is 2.12. The van der Waals surface area contributed by atoms with Crippen molar-refractivity contribution in [3.05, 3.63) is 71.7 Å². The summed E-state index contributed by atoms with van der Waals surface area (Å²) >= 11 is 0. The van der Waals surface area contributed by atoms with Gasteiger partial charge in [0.25, 0.3) is 5.91 Å². The zero-order chi connectivity index (χ0) is 16.4. The summed E-state index contributed by atoms with van der Waals surface area (Å²) in [5.74, 6) is -1.44. The predicted octanol–water partition coefficient (Wildman–Crippen LogP) is 3.11. The first-order chi connectivity index (χ1) is 11.0. The molecule has 2 aromatic heterocycles. The van der Waals surface area contributed by atoms with E-state index in [-0.39, 0.29) is 17.3 Å². The molecular weight excluding hydrogens is 302 g/mol.